The van der Waals surface area contributed by atoms with Gasteiger partial charge < -0.3 is 10.1 Å². The number of para-hydroxylation sites is 2. The topological polar surface area (TPSA) is 64.1 Å². The van der Waals surface area contributed by atoms with Crippen LogP contribution in [-0.4, -0.2) is 27.8 Å². The number of ether oxygens (including phenoxy) is 1. The van der Waals surface area contributed by atoms with E-state index in [0.717, 1.165) is 26.9 Å². The van der Waals surface area contributed by atoms with E-state index in [-0.39, 0.29) is 17.0 Å². The molecule has 1 heterocycles. The van der Waals surface area contributed by atoms with E-state index in [1.165, 1.54) is 28.7 Å². The fourth-order valence-corrected chi connectivity index (χ4v) is 5.32. The lowest BCUT2D eigenvalue weighted by molar-refractivity contribution is 0.0992. The normalized spacial score (nSPS) is 12.2. The number of Topliss-reactive ketones (excluding diaryl/α,β-unsaturated/α-hetero) is 1. The van der Waals surface area contributed by atoms with Gasteiger partial charge >= 0.3 is 0 Å². The van der Waals surface area contributed by atoms with E-state index in [0.29, 0.717) is 17.7 Å². The number of aromatic nitrogens is 2. The molecule has 1 N–H and O–H groups in total. The monoisotopic (exact) mass is 469 g/mol. The lowest BCUT2D eigenvalue weighted by atomic mass is 9.89. The third-order valence-corrected chi connectivity index (χ3v) is 7.13. The molecule has 3 rings (SSSR count). The Balaban J connectivity index is 1.73. The van der Waals surface area contributed by atoms with Gasteiger partial charge in [0.25, 0.3) is 0 Å². The summed E-state index contributed by atoms with van der Waals surface area (Å²) in [4.78, 5) is 13.3. The average molecular weight is 470 g/mol. The maximum atomic E-state index is 13.3. The number of ketones is 1. The molecule has 5 nitrogen and oxygen atoms in total. The standard InChI is InChI=1S/C25H31N3O2S2/c1-7-30-22-11-9-8-10-21(22)26-24-27-28-25(32-24)31-17(6)23(29)19-13-12-18(15(2)3)14-20(19)16(4)5/h8-17H,7H2,1-6H3,(H,26,27). The molecule has 170 valence electrons. The van der Waals surface area contributed by atoms with Crippen molar-refractivity contribution in [3.05, 3.63) is 59.2 Å². The van der Waals surface area contributed by atoms with Crippen LogP contribution in [0.15, 0.2) is 46.8 Å². The van der Waals surface area contributed by atoms with Crippen molar-refractivity contribution in [1.29, 1.82) is 0 Å². The molecule has 3 aromatic rings. The van der Waals surface area contributed by atoms with Crippen LogP contribution in [0, 0.1) is 0 Å². The molecule has 0 saturated heterocycles. The van der Waals surface area contributed by atoms with Crippen molar-refractivity contribution in [2.75, 3.05) is 11.9 Å². The van der Waals surface area contributed by atoms with Gasteiger partial charge in [0.05, 0.1) is 17.5 Å². The molecule has 2 aromatic carbocycles. The van der Waals surface area contributed by atoms with Gasteiger partial charge in [0.2, 0.25) is 5.13 Å². The van der Waals surface area contributed by atoms with Crippen molar-refractivity contribution >= 4 is 39.7 Å². The summed E-state index contributed by atoms with van der Waals surface area (Å²) in [6, 6.07) is 14.0. The van der Waals surface area contributed by atoms with E-state index in [1.807, 2.05) is 44.2 Å². The van der Waals surface area contributed by atoms with Gasteiger partial charge in [-0.05, 0) is 48.9 Å². The van der Waals surface area contributed by atoms with Gasteiger partial charge in [0.15, 0.2) is 10.1 Å². The zero-order chi connectivity index (χ0) is 23.3. The Hall–Kier alpha value is -2.38. The zero-order valence-corrected chi connectivity index (χ0v) is 21.1. The molecule has 1 unspecified atom stereocenters. The third kappa shape index (κ3) is 5.90. The van der Waals surface area contributed by atoms with Gasteiger partial charge in [0, 0.05) is 5.56 Å². The number of thioether (sulfide) groups is 1. The summed E-state index contributed by atoms with van der Waals surface area (Å²) in [7, 11) is 0. The van der Waals surface area contributed by atoms with Gasteiger partial charge in [-0.15, -0.1) is 10.2 Å². The molecule has 1 atom stereocenters. The first-order chi connectivity index (χ1) is 15.3. The second-order valence-corrected chi connectivity index (χ2v) is 10.8. The number of hydrogen-bond donors (Lipinski definition) is 1. The second kappa shape index (κ2) is 11.0. The Morgan fingerprint density at radius 3 is 2.50 bits per heavy atom. The summed E-state index contributed by atoms with van der Waals surface area (Å²) in [6.45, 7) is 13.1. The van der Waals surface area contributed by atoms with Crippen LogP contribution < -0.4 is 10.1 Å². The van der Waals surface area contributed by atoms with E-state index in [9.17, 15) is 4.79 Å². The van der Waals surface area contributed by atoms with E-state index in [4.69, 9.17) is 4.74 Å². The first-order valence-corrected chi connectivity index (χ1v) is 12.7. The predicted octanol–water partition coefficient (Wildman–Crippen LogP) is 7.29. The lowest BCUT2D eigenvalue weighted by Gasteiger charge is -2.17. The summed E-state index contributed by atoms with van der Waals surface area (Å²) >= 11 is 2.88. The fraction of sp³-hybridized carbons (Fsp3) is 0.400. The highest BCUT2D eigenvalue weighted by atomic mass is 32.2. The average Bonchev–Trinajstić information content (AvgIpc) is 3.20. The molecule has 0 saturated carbocycles. The molecule has 0 bridgehead atoms. The number of benzene rings is 2. The summed E-state index contributed by atoms with van der Waals surface area (Å²) in [5, 5.41) is 12.2. The highest BCUT2D eigenvalue weighted by Gasteiger charge is 2.23. The van der Waals surface area contributed by atoms with Crippen molar-refractivity contribution in [1.82, 2.24) is 10.2 Å². The Morgan fingerprint density at radius 1 is 1.06 bits per heavy atom. The van der Waals surface area contributed by atoms with Crippen molar-refractivity contribution in [3.63, 3.8) is 0 Å². The van der Waals surface area contributed by atoms with E-state index >= 15 is 0 Å². The molecular weight excluding hydrogens is 438 g/mol. The maximum absolute atomic E-state index is 13.3. The largest absolute Gasteiger partial charge is 0.492 e. The Kier molecular flexibility index (Phi) is 8.32. The van der Waals surface area contributed by atoms with Crippen molar-refractivity contribution in [2.45, 2.75) is 63.0 Å². The number of nitrogens with one attached hydrogen (secondary N) is 1. The molecule has 0 spiro atoms. The van der Waals surface area contributed by atoms with Crippen molar-refractivity contribution < 1.29 is 9.53 Å². The quantitative estimate of drug-likeness (QED) is 0.248. The van der Waals surface area contributed by atoms with Crippen molar-refractivity contribution in [3.8, 4) is 5.75 Å². The Morgan fingerprint density at radius 2 is 1.81 bits per heavy atom. The van der Waals surface area contributed by atoms with Crippen LogP contribution in [0.5, 0.6) is 5.75 Å². The van der Waals surface area contributed by atoms with Crippen LogP contribution in [0.25, 0.3) is 0 Å². The first kappa shape index (κ1) is 24.3. The van der Waals surface area contributed by atoms with Gasteiger partial charge in [-0.1, -0.05) is 81.1 Å². The van der Waals surface area contributed by atoms with Crippen LogP contribution >= 0.6 is 23.1 Å². The highest BCUT2D eigenvalue weighted by Crippen LogP contribution is 2.35. The summed E-state index contributed by atoms with van der Waals surface area (Å²) in [5.74, 6) is 1.62. The summed E-state index contributed by atoms with van der Waals surface area (Å²) in [6.07, 6.45) is 0. The highest BCUT2D eigenvalue weighted by molar-refractivity contribution is 8.02. The molecule has 0 fully saturated rings. The minimum atomic E-state index is -0.256. The number of hydrogen-bond acceptors (Lipinski definition) is 7. The van der Waals surface area contributed by atoms with Crippen LogP contribution in [0.2, 0.25) is 0 Å². The van der Waals surface area contributed by atoms with E-state index < -0.39 is 0 Å². The van der Waals surface area contributed by atoms with Gasteiger partial charge in [-0.3, -0.25) is 4.79 Å². The summed E-state index contributed by atoms with van der Waals surface area (Å²) in [5.41, 5.74) is 4.02. The van der Waals surface area contributed by atoms with Crippen LogP contribution in [0.3, 0.4) is 0 Å². The molecule has 0 aliphatic carbocycles. The van der Waals surface area contributed by atoms with E-state index in [2.05, 4.69) is 55.3 Å². The van der Waals surface area contributed by atoms with Crippen LogP contribution in [-0.2, 0) is 0 Å². The second-order valence-electron chi connectivity index (χ2n) is 8.21. The maximum Gasteiger partial charge on any atom is 0.210 e. The molecule has 0 aliphatic rings. The minimum Gasteiger partial charge on any atom is -0.492 e. The smallest absolute Gasteiger partial charge is 0.210 e. The molecule has 32 heavy (non-hydrogen) atoms. The summed E-state index contributed by atoms with van der Waals surface area (Å²) < 4.78 is 6.42. The van der Waals surface area contributed by atoms with Gasteiger partial charge in [-0.25, -0.2) is 0 Å². The predicted molar refractivity (Wildman–Crippen MR) is 135 cm³/mol. The Labute approximate surface area is 199 Å². The molecule has 0 amide bonds. The van der Waals surface area contributed by atoms with Crippen molar-refractivity contribution in [2.24, 2.45) is 0 Å². The number of carbonyl (C=O) groups is 1. The number of nitrogens with zero attached hydrogens (tertiary/aromatic N) is 2. The van der Waals surface area contributed by atoms with Crippen LogP contribution in [0.1, 0.15) is 74.9 Å². The SMILES string of the molecule is CCOc1ccccc1Nc1nnc(SC(C)C(=O)c2ccc(C(C)C)cc2C(C)C)s1. The van der Waals surface area contributed by atoms with Crippen LogP contribution in [0.4, 0.5) is 10.8 Å². The van der Waals surface area contributed by atoms with E-state index in [1.54, 1.807) is 0 Å². The zero-order valence-electron chi connectivity index (χ0n) is 19.5. The molecule has 0 radical (unpaired) electrons. The third-order valence-electron chi connectivity index (χ3n) is 5.11. The Bertz CT molecular complexity index is 1060. The minimum absolute atomic E-state index is 0.125. The van der Waals surface area contributed by atoms with Gasteiger partial charge in [-0.2, -0.15) is 0 Å². The molecular formula is C25H31N3O2S2. The molecule has 0 aliphatic heterocycles. The number of carbonyl (C=O) groups excluding carboxylic acids is 1. The number of rotatable bonds is 10. The molecule has 7 heteroatoms. The lowest BCUT2D eigenvalue weighted by Crippen LogP contribution is -2.16. The van der Waals surface area contributed by atoms with Gasteiger partial charge in [0.1, 0.15) is 5.75 Å². The molecule has 1 aromatic heterocycles. The number of anilines is 2. The first-order valence-electron chi connectivity index (χ1n) is 11.0. The fourth-order valence-electron chi connectivity index (χ4n) is 3.34.